The third-order valence-electron chi connectivity index (χ3n) is 3.10. The molecule has 0 saturated heterocycles. The van der Waals surface area contributed by atoms with Gasteiger partial charge in [-0.25, -0.2) is 0 Å². The van der Waals surface area contributed by atoms with Crippen LogP contribution in [0.25, 0.3) is 0 Å². The Morgan fingerprint density at radius 3 is 2.35 bits per heavy atom. The third-order valence-corrected chi connectivity index (χ3v) is 4.53. The minimum Gasteiger partial charge on any atom is -0.591 e. The Morgan fingerprint density at radius 2 is 1.80 bits per heavy atom. The van der Waals surface area contributed by atoms with Gasteiger partial charge in [0.25, 0.3) is 0 Å². The lowest BCUT2D eigenvalue weighted by molar-refractivity contribution is -0.137. The van der Waals surface area contributed by atoms with Crippen LogP contribution in [0.5, 0.6) is 0 Å². The zero-order valence-corrected chi connectivity index (χ0v) is 12.4. The number of nitrogens with zero attached hydrogens (tertiary/aromatic N) is 1. The second kappa shape index (κ2) is 5.07. The molecule has 0 radical (unpaired) electrons. The van der Waals surface area contributed by atoms with E-state index in [-0.39, 0.29) is 0 Å². The molecule has 0 heterocycles. The molecule has 110 valence electrons. The Morgan fingerprint density at radius 1 is 1.15 bits per heavy atom. The molecule has 0 fully saturated rings. The Balaban J connectivity index is 2.39. The molecule has 2 rings (SSSR count). The molecule has 0 aliphatic heterocycles. The average Bonchev–Trinajstić information content (AvgIpc) is 2.69. The highest BCUT2D eigenvalue weighted by Gasteiger charge is 2.34. The second-order valence-electron chi connectivity index (χ2n) is 5.77. The minimum atomic E-state index is -4.37. The SMILES string of the molecule is CC(C)(C)[S+]([O-])N=C1CCc2ccc(C(F)(F)F)cc21. The largest absolute Gasteiger partial charge is 0.591 e. The molecule has 0 spiro atoms. The summed E-state index contributed by atoms with van der Waals surface area (Å²) >= 11 is -1.46. The predicted octanol–water partition coefficient (Wildman–Crippen LogP) is 3.90. The van der Waals surface area contributed by atoms with Crippen LogP contribution in [0.1, 0.15) is 43.9 Å². The zero-order valence-electron chi connectivity index (χ0n) is 11.5. The molecular formula is C14H16F3NOS. The van der Waals surface area contributed by atoms with E-state index in [9.17, 15) is 17.7 Å². The van der Waals surface area contributed by atoms with Gasteiger partial charge in [0.05, 0.1) is 11.3 Å². The topological polar surface area (TPSA) is 35.4 Å². The van der Waals surface area contributed by atoms with Gasteiger partial charge in [-0.1, -0.05) is 10.5 Å². The molecule has 1 aliphatic carbocycles. The van der Waals surface area contributed by atoms with Crippen molar-refractivity contribution in [2.75, 3.05) is 0 Å². The number of hydrogen-bond acceptors (Lipinski definition) is 2. The van der Waals surface area contributed by atoms with E-state index in [4.69, 9.17) is 0 Å². The van der Waals surface area contributed by atoms with Crippen molar-refractivity contribution in [1.82, 2.24) is 0 Å². The van der Waals surface area contributed by atoms with E-state index in [2.05, 4.69) is 4.40 Å². The molecule has 2 nitrogen and oxygen atoms in total. The molecule has 1 unspecified atom stereocenters. The van der Waals surface area contributed by atoms with Crippen molar-refractivity contribution in [2.45, 2.75) is 44.5 Å². The quantitative estimate of drug-likeness (QED) is 0.725. The fourth-order valence-corrected chi connectivity index (χ4v) is 2.62. The lowest BCUT2D eigenvalue weighted by Crippen LogP contribution is -2.26. The fraction of sp³-hybridized carbons (Fsp3) is 0.500. The van der Waals surface area contributed by atoms with Crippen LogP contribution in [0.4, 0.5) is 13.2 Å². The lowest BCUT2D eigenvalue weighted by Gasteiger charge is -2.18. The van der Waals surface area contributed by atoms with Crippen LogP contribution in [-0.4, -0.2) is 15.0 Å². The molecule has 6 heteroatoms. The van der Waals surface area contributed by atoms with E-state index in [1.807, 2.05) is 0 Å². The molecule has 1 aliphatic rings. The lowest BCUT2D eigenvalue weighted by atomic mass is 10.1. The van der Waals surface area contributed by atoms with Crippen LogP contribution in [0, 0.1) is 0 Å². The van der Waals surface area contributed by atoms with Crippen LogP contribution in [-0.2, 0) is 24.0 Å². The van der Waals surface area contributed by atoms with Crippen LogP contribution < -0.4 is 0 Å². The summed E-state index contributed by atoms with van der Waals surface area (Å²) < 4.78 is 53.8. The van der Waals surface area contributed by atoms with Gasteiger partial charge < -0.3 is 4.55 Å². The number of halogens is 3. The molecule has 1 atom stereocenters. The second-order valence-corrected chi connectivity index (χ2v) is 7.67. The van der Waals surface area contributed by atoms with Crippen LogP contribution >= 0.6 is 0 Å². The number of aryl methyl sites for hydroxylation is 1. The van der Waals surface area contributed by atoms with E-state index in [1.165, 1.54) is 6.07 Å². The van der Waals surface area contributed by atoms with Gasteiger partial charge >= 0.3 is 6.18 Å². The number of fused-ring (bicyclic) bond motifs is 1. The third kappa shape index (κ3) is 3.17. The molecule has 0 bridgehead atoms. The smallest absolute Gasteiger partial charge is 0.416 e. The minimum absolute atomic E-state index is 0.484. The normalized spacial score (nSPS) is 19.2. The van der Waals surface area contributed by atoms with Gasteiger partial charge in [-0.3, -0.25) is 0 Å². The first kappa shape index (κ1) is 15.4. The average molecular weight is 303 g/mol. The number of hydrogen-bond donors (Lipinski definition) is 0. The van der Waals surface area contributed by atoms with Gasteiger partial charge in [0.2, 0.25) is 0 Å². The maximum absolute atomic E-state index is 12.7. The van der Waals surface area contributed by atoms with Crippen molar-refractivity contribution < 1.29 is 17.7 Å². The maximum Gasteiger partial charge on any atom is 0.416 e. The van der Waals surface area contributed by atoms with Crippen molar-refractivity contribution >= 4 is 17.1 Å². The molecule has 0 aromatic heterocycles. The highest BCUT2D eigenvalue weighted by Crippen LogP contribution is 2.34. The summed E-state index contributed by atoms with van der Waals surface area (Å²) in [4.78, 5) is 0. The van der Waals surface area contributed by atoms with E-state index < -0.39 is 27.8 Å². The Kier molecular flexibility index (Phi) is 3.90. The molecular weight excluding hydrogens is 287 g/mol. The van der Waals surface area contributed by atoms with Gasteiger partial charge in [-0.05, 0) is 51.3 Å². The summed E-state index contributed by atoms with van der Waals surface area (Å²) in [5.74, 6) is 0. The van der Waals surface area contributed by atoms with E-state index >= 15 is 0 Å². The highest BCUT2D eigenvalue weighted by molar-refractivity contribution is 7.91. The molecule has 0 saturated carbocycles. The van der Waals surface area contributed by atoms with Crippen molar-refractivity contribution in [2.24, 2.45) is 4.40 Å². The molecule has 0 N–H and O–H groups in total. The molecule has 0 amide bonds. The molecule has 20 heavy (non-hydrogen) atoms. The molecule has 1 aromatic rings. The maximum atomic E-state index is 12.7. The van der Waals surface area contributed by atoms with Gasteiger partial charge in [-0.15, -0.1) is 0 Å². The van der Waals surface area contributed by atoms with Crippen molar-refractivity contribution in [1.29, 1.82) is 0 Å². The summed E-state index contributed by atoms with van der Waals surface area (Å²) in [5, 5.41) is 0. The summed E-state index contributed by atoms with van der Waals surface area (Å²) in [6.45, 7) is 5.36. The Hall–Kier alpha value is -1.01. The molecule has 1 aromatic carbocycles. The summed E-state index contributed by atoms with van der Waals surface area (Å²) in [5.41, 5.74) is 1.15. The van der Waals surface area contributed by atoms with Crippen LogP contribution in [0.2, 0.25) is 0 Å². The number of benzene rings is 1. The van der Waals surface area contributed by atoms with Crippen molar-refractivity contribution in [3.63, 3.8) is 0 Å². The Bertz CT molecular complexity index is 546. The first-order valence-corrected chi connectivity index (χ1v) is 7.40. The standard InChI is InChI=1S/C14H16F3NOS/c1-13(2,3)20(19)18-12-7-5-9-4-6-10(8-11(9)12)14(15,16)17/h4,6,8H,5,7H2,1-3H3. The van der Waals surface area contributed by atoms with Crippen LogP contribution in [0.15, 0.2) is 22.6 Å². The summed E-state index contributed by atoms with van der Waals surface area (Å²) in [6.07, 6.45) is -3.18. The summed E-state index contributed by atoms with van der Waals surface area (Å²) in [7, 11) is 0. The van der Waals surface area contributed by atoms with Crippen molar-refractivity contribution in [3.05, 3.63) is 34.9 Å². The number of rotatable bonds is 1. The van der Waals surface area contributed by atoms with Gasteiger partial charge in [0, 0.05) is 5.56 Å². The fourth-order valence-electron chi connectivity index (χ4n) is 1.96. The van der Waals surface area contributed by atoms with Crippen molar-refractivity contribution in [3.8, 4) is 0 Å². The zero-order chi connectivity index (χ0) is 15.1. The van der Waals surface area contributed by atoms with Gasteiger partial charge in [0.15, 0.2) is 0 Å². The monoisotopic (exact) mass is 303 g/mol. The first-order chi connectivity index (χ1) is 9.09. The van der Waals surface area contributed by atoms with Gasteiger partial charge in [0.1, 0.15) is 16.1 Å². The number of alkyl halides is 3. The van der Waals surface area contributed by atoms with E-state index in [0.29, 0.717) is 24.1 Å². The Labute approximate surface area is 119 Å². The van der Waals surface area contributed by atoms with Gasteiger partial charge in [-0.2, -0.15) is 13.2 Å². The predicted molar refractivity (Wildman–Crippen MR) is 74.2 cm³/mol. The summed E-state index contributed by atoms with van der Waals surface area (Å²) in [6, 6.07) is 3.68. The van der Waals surface area contributed by atoms with E-state index in [0.717, 1.165) is 17.7 Å². The van der Waals surface area contributed by atoms with Crippen LogP contribution in [0.3, 0.4) is 0 Å². The first-order valence-electron chi connectivity index (χ1n) is 6.29. The van der Waals surface area contributed by atoms with E-state index in [1.54, 1.807) is 20.8 Å². The highest BCUT2D eigenvalue weighted by atomic mass is 32.2.